The summed E-state index contributed by atoms with van der Waals surface area (Å²) in [6.45, 7) is 2.53. The van der Waals surface area contributed by atoms with Gasteiger partial charge in [0.05, 0.1) is 29.4 Å². The largest absolute Gasteiger partial charge is 0.394 e. The van der Waals surface area contributed by atoms with Gasteiger partial charge in [-0.1, -0.05) is 76.9 Å². The van der Waals surface area contributed by atoms with E-state index in [1.54, 1.807) is 6.07 Å². The SMILES string of the molecule is CCCCCCCCCCC/C=C/CC[C@@H](O)[C@H](CO)NC(=O)CCCCCNc1ccc([N+](=O)[O-])c2nonc12. The first-order valence-electron chi connectivity index (χ1n) is 15.3. The zero-order chi connectivity index (χ0) is 29.7. The summed E-state index contributed by atoms with van der Waals surface area (Å²) in [6, 6.07) is 2.27. The van der Waals surface area contributed by atoms with Crippen LogP contribution < -0.4 is 10.6 Å². The molecule has 0 aliphatic heterocycles. The second-order valence-corrected chi connectivity index (χ2v) is 10.7. The lowest BCUT2D eigenvalue weighted by Crippen LogP contribution is -2.45. The fourth-order valence-electron chi connectivity index (χ4n) is 4.77. The van der Waals surface area contributed by atoms with E-state index in [0.29, 0.717) is 43.4 Å². The van der Waals surface area contributed by atoms with Crippen LogP contribution in [0.25, 0.3) is 11.0 Å². The number of benzene rings is 1. The van der Waals surface area contributed by atoms with E-state index in [0.717, 1.165) is 19.3 Å². The summed E-state index contributed by atoms with van der Waals surface area (Å²) in [5, 5.41) is 44.5. The molecule has 0 aliphatic rings. The third-order valence-corrected chi connectivity index (χ3v) is 7.26. The number of anilines is 1. The second-order valence-electron chi connectivity index (χ2n) is 10.7. The van der Waals surface area contributed by atoms with E-state index in [2.05, 4.69) is 44.7 Å². The van der Waals surface area contributed by atoms with Crippen LogP contribution >= 0.6 is 0 Å². The Hall–Kier alpha value is -3.05. The van der Waals surface area contributed by atoms with Gasteiger partial charge in [-0.25, -0.2) is 4.63 Å². The Balaban J connectivity index is 1.52. The molecule has 1 amide bonds. The number of hydrogen-bond acceptors (Lipinski definition) is 9. The van der Waals surface area contributed by atoms with Crippen LogP contribution in [0.4, 0.5) is 11.4 Å². The third-order valence-electron chi connectivity index (χ3n) is 7.26. The molecule has 1 aromatic heterocycles. The maximum absolute atomic E-state index is 12.3. The van der Waals surface area contributed by atoms with Crippen LogP contribution in [0.1, 0.15) is 110 Å². The molecular formula is C30H49N5O6. The van der Waals surface area contributed by atoms with Crippen LogP contribution in [-0.4, -0.2) is 56.7 Å². The van der Waals surface area contributed by atoms with Gasteiger partial charge in [0.1, 0.15) is 0 Å². The number of nitrogens with one attached hydrogen (secondary N) is 2. The van der Waals surface area contributed by atoms with Gasteiger partial charge < -0.3 is 20.8 Å². The molecular weight excluding hydrogens is 526 g/mol. The van der Waals surface area contributed by atoms with Crippen LogP contribution in [0.15, 0.2) is 28.9 Å². The van der Waals surface area contributed by atoms with Gasteiger partial charge in [-0.15, -0.1) is 0 Å². The number of aliphatic hydroxyl groups is 2. The van der Waals surface area contributed by atoms with Gasteiger partial charge in [0.15, 0.2) is 5.52 Å². The normalized spacial score (nSPS) is 13.0. The van der Waals surface area contributed by atoms with Gasteiger partial charge in [-0.3, -0.25) is 14.9 Å². The minimum absolute atomic E-state index is 0.0994. The summed E-state index contributed by atoms with van der Waals surface area (Å²) >= 11 is 0. The van der Waals surface area contributed by atoms with E-state index >= 15 is 0 Å². The molecule has 0 saturated heterocycles. The summed E-state index contributed by atoms with van der Waals surface area (Å²) in [5.41, 5.74) is 0.844. The number of carbonyl (C=O) groups excluding carboxylic acids is 1. The molecule has 4 N–H and O–H groups in total. The summed E-state index contributed by atoms with van der Waals surface area (Å²) in [5.74, 6) is -0.192. The minimum atomic E-state index is -0.796. The van der Waals surface area contributed by atoms with E-state index in [1.807, 2.05) is 0 Å². The number of unbranched alkanes of at least 4 members (excludes halogenated alkanes) is 11. The Kier molecular flexibility index (Phi) is 17.3. The van der Waals surface area contributed by atoms with Crippen molar-refractivity contribution in [3.05, 3.63) is 34.4 Å². The summed E-state index contributed by atoms with van der Waals surface area (Å²) in [4.78, 5) is 22.9. The standard InChI is InChI=1S/C30H49N5O6/c1-2-3-4-5-6-7-8-9-10-11-12-13-15-18-27(37)25(23-36)32-28(38)19-16-14-17-22-31-24-20-21-26(35(39)40)30-29(24)33-41-34-30/h12-13,20-21,25,27,31,36-37H,2-11,14-19,22-23H2,1H3,(H,32,38)/b13-12+/t25-,27+/m0/s1. The lowest BCUT2D eigenvalue weighted by Gasteiger charge is -2.22. The number of aliphatic hydroxyl groups excluding tert-OH is 2. The maximum atomic E-state index is 12.3. The number of nitro groups is 1. The molecule has 2 rings (SSSR count). The molecule has 0 fully saturated rings. The maximum Gasteiger partial charge on any atom is 0.300 e. The molecule has 2 atom stereocenters. The molecule has 0 saturated carbocycles. The van der Waals surface area contributed by atoms with Crippen molar-refractivity contribution in [1.29, 1.82) is 0 Å². The fourth-order valence-corrected chi connectivity index (χ4v) is 4.77. The molecule has 0 aliphatic carbocycles. The quantitative estimate of drug-likeness (QED) is 0.0494. The van der Waals surface area contributed by atoms with Gasteiger partial charge in [0, 0.05) is 19.0 Å². The van der Waals surface area contributed by atoms with Crippen molar-refractivity contribution in [1.82, 2.24) is 15.6 Å². The Bertz CT molecular complexity index is 1040. The molecule has 0 radical (unpaired) electrons. The van der Waals surface area contributed by atoms with Crippen LogP contribution in [0.5, 0.6) is 0 Å². The van der Waals surface area contributed by atoms with Gasteiger partial charge in [-0.2, -0.15) is 0 Å². The first-order chi connectivity index (χ1) is 20.0. The number of nitrogens with zero attached hydrogens (tertiary/aromatic N) is 3. The smallest absolute Gasteiger partial charge is 0.300 e. The Morgan fingerprint density at radius 3 is 2.34 bits per heavy atom. The Morgan fingerprint density at radius 1 is 0.976 bits per heavy atom. The number of fused-ring (bicyclic) bond motifs is 1. The first kappa shape index (κ1) is 34.2. The highest BCUT2D eigenvalue weighted by molar-refractivity contribution is 5.93. The molecule has 0 unspecified atom stereocenters. The zero-order valence-electron chi connectivity index (χ0n) is 24.6. The van der Waals surface area contributed by atoms with E-state index in [-0.39, 0.29) is 23.7 Å². The van der Waals surface area contributed by atoms with E-state index in [9.17, 15) is 25.1 Å². The van der Waals surface area contributed by atoms with Gasteiger partial charge in [0.2, 0.25) is 11.4 Å². The van der Waals surface area contributed by atoms with Gasteiger partial charge >= 0.3 is 5.69 Å². The van der Waals surface area contributed by atoms with Gasteiger partial charge in [-0.05, 0) is 54.9 Å². The van der Waals surface area contributed by atoms with Crippen molar-refractivity contribution in [2.45, 2.75) is 122 Å². The topological polar surface area (TPSA) is 164 Å². The lowest BCUT2D eigenvalue weighted by molar-refractivity contribution is -0.383. The molecule has 0 spiro atoms. The molecule has 1 heterocycles. The highest BCUT2D eigenvalue weighted by Gasteiger charge is 2.20. The highest BCUT2D eigenvalue weighted by Crippen LogP contribution is 2.28. The molecule has 41 heavy (non-hydrogen) atoms. The van der Waals surface area contributed by atoms with Crippen molar-refractivity contribution in [3.63, 3.8) is 0 Å². The number of non-ortho nitro benzene ring substituents is 1. The van der Waals surface area contributed by atoms with Crippen LogP contribution in [0, 0.1) is 10.1 Å². The van der Waals surface area contributed by atoms with Crippen LogP contribution in [-0.2, 0) is 4.79 Å². The summed E-state index contributed by atoms with van der Waals surface area (Å²) in [6.07, 6.45) is 20.1. The predicted octanol–water partition coefficient (Wildman–Crippen LogP) is 6.20. The van der Waals surface area contributed by atoms with Crippen LogP contribution in [0.3, 0.4) is 0 Å². The Labute approximate surface area is 243 Å². The van der Waals surface area contributed by atoms with Crippen LogP contribution in [0.2, 0.25) is 0 Å². The number of carbonyl (C=O) groups is 1. The van der Waals surface area contributed by atoms with E-state index in [1.165, 1.54) is 63.9 Å². The molecule has 11 heteroatoms. The highest BCUT2D eigenvalue weighted by atomic mass is 16.6. The second kappa shape index (κ2) is 20.8. The summed E-state index contributed by atoms with van der Waals surface area (Å²) in [7, 11) is 0. The van der Waals surface area contributed by atoms with E-state index in [4.69, 9.17) is 0 Å². The minimum Gasteiger partial charge on any atom is -0.394 e. The molecule has 230 valence electrons. The van der Waals surface area contributed by atoms with Crippen molar-refractivity contribution in [3.8, 4) is 0 Å². The number of amides is 1. The Morgan fingerprint density at radius 2 is 1.63 bits per heavy atom. The average molecular weight is 576 g/mol. The molecule has 0 bridgehead atoms. The lowest BCUT2D eigenvalue weighted by atomic mass is 10.0. The van der Waals surface area contributed by atoms with Crippen molar-refractivity contribution in [2.75, 3.05) is 18.5 Å². The summed E-state index contributed by atoms with van der Waals surface area (Å²) < 4.78 is 4.66. The fraction of sp³-hybridized carbons (Fsp3) is 0.700. The average Bonchev–Trinajstić information content (AvgIpc) is 3.46. The van der Waals surface area contributed by atoms with Crippen molar-refractivity contribution >= 4 is 28.3 Å². The third kappa shape index (κ3) is 13.4. The van der Waals surface area contributed by atoms with Crippen molar-refractivity contribution < 1.29 is 24.6 Å². The number of rotatable bonds is 24. The monoisotopic (exact) mass is 575 g/mol. The number of nitro benzene ring substituents is 1. The number of aromatic nitrogens is 2. The molecule has 2 aromatic rings. The number of allylic oxidation sites excluding steroid dienone is 2. The molecule has 1 aromatic carbocycles. The molecule has 11 nitrogen and oxygen atoms in total. The van der Waals surface area contributed by atoms with Crippen molar-refractivity contribution in [2.24, 2.45) is 0 Å². The number of hydrogen-bond donors (Lipinski definition) is 4. The zero-order valence-corrected chi connectivity index (χ0v) is 24.6. The predicted molar refractivity (Wildman–Crippen MR) is 161 cm³/mol. The van der Waals surface area contributed by atoms with Gasteiger partial charge in [0.25, 0.3) is 0 Å². The first-order valence-corrected chi connectivity index (χ1v) is 15.3. The van der Waals surface area contributed by atoms with E-state index < -0.39 is 17.1 Å².